The molecule has 0 aliphatic rings. The lowest BCUT2D eigenvalue weighted by Crippen LogP contribution is -2.08. The van der Waals surface area contributed by atoms with E-state index in [9.17, 15) is 9.59 Å². The van der Waals surface area contributed by atoms with Crippen LogP contribution < -0.4 is 4.74 Å². The van der Waals surface area contributed by atoms with Crippen molar-refractivity contribution in [2.75, 3.05) is 0 Å². The lowest BCUT2D eigenvalue weighted by Gasteiger charge is -2.08. The van der Waals surface area contributed by atoms with Crippen LogP contribution >= 0.6 is 0 Å². The zero-order valence-electron chi connectivity index (χ0n) is 9.01. The Hall–Kier alpha value is -2.43. The van der Waals surface area contributed by atoms with Gasteiger partial charge < -0.3 is 9.84 Å². The highest BCUT2D eigenvalue weighted by Gasteiger charge is 2.17. The molecule has 1 aromatic heterocycles. The monoisotopic (exact) mass is 231 g/mol. The molecule has 0 saturated carbocycles. The number of aromatic nitrogens is 1. The second-order valence-electron chi connectivity index (χ2n) is 3.42. The second-order valence-corrected chi connectivity index (χ2v) is 3.42. The maximum Gasteiger partial charge on any atom is 0.339 e. The summed E-state index contributed by atoms with van der Waals surface area (Å²) in [4.78, 5) is 26.1. The molecule has 0 radical (unpaired) electrons. The van der Waals surface area contributed by atoms with Gasteiger partial charge in [-0.3, -0.25) is 9.78 Å². The van der Waals surface area contributed by atoms with E-state index in [1.807, 2.05) is 0 Å². The van der Waals surface area contributed by atoms with Crippen LogP contribution in [0.2, 0.25) is 0 Å². The van der Waals surface area contributed by atoms with E-state index in [0.29, 0.717) is 10.9 Å². The zero-order chi connectivity index (χ0) is 12.4. The van der Waals surface area contributed by atoms with Crippen molar-refractivity contribution in [3.63, 3.8) is 0 Å². The Kier molecular flexibility index (Phi) is 2.74. The fourth-order valence-electron chi connectivity index (χ4n) is 1.53. The third-order valence-electron chi connectivity index (χ3n) is 2.20. The van der Waals surface area contributed by atoms with Crippen LogP contribution in [0.4, 0.5) is 0 Å². The normalized spacial score (nSPS) is 10.2. The number of rotatable bonds is 2. The molecular formula is C12H9NO4. The SMILES string of the molecule is CC(=O)Oc1c(C(=O)O)ccc2cccnc12. The van der Waals surface area contributed by atoms with Crippen LogP contribution in [0.1, 0.15) is 17.3 Å². The number of hydrogen-bond donors (Lipinski definition) is 1. The predicted molar refractivity (Wildman–Crippen MR) is 60.0 cm³/mol. The number of benzene rings is 1. The number of carbonyl (C=O) groups is 2. The summed E-state index contributed by atoms with van der Waals surface area (Å²) in [6.07, 6.45) is 1.51. The van der Waals surface area contributed by atoms with Crippen molar-refractivity contribution in [2.24, 2.45) is 0 Å². The summed E-state index contributed by atoms with van der Waals surface area (Å²) in [6.45, 7) is 1.22. The molecule has 0 saturated heterocycles. The van der Waals surface area contributed by atoms with Crippen LogP contribution in [0.25, 0.3) is 10.9 Å². The van der Waals surface area contributed by atoms with Gasteiger partial charge in [-0.15, -0.1) is 0 Å². The molecule has 17 heavy (non-hydrogen) atoms. The number of carboxylic acid groups (broad SMARTS) is 1. The summed E-state index contributed by atoms with van der Waals surface area (Å²) < 4.78 is 4.94. The largest absolute Gasteiger partial charge is 0.478 e. The molecule has 0 bridgehead atoms. The van der Waals surface area contributed by atoms with Gasteiger partial charge in [-0.05, 0) is 12.1 Å². The topological polar surface area (TPSA) is 76.5 Å². The van der Waals surface area contributed by atoms with Gasteiger partial charge in [0.15, 0.2) is 5.75 Å². The van der Waals surface area contributed by atoms with Crippen molar-refractivity contribution in [1.29, 1.82) is 0 Å². The van der Waals surface area contributed by atoms with E-state index in [4.69, 9.17) is 9.84 Å². The Bertz CT molecular complexity index is 606. The number of hydrogen-bond acceptors (Lipinski definition) is 4. The number of aromatic carboxylic acids is 1. The minimum atomic E-state index is -1.16. The van der Waals surface area contributed by atoms with E-state index in [0.717, 1.165) is 0 Å². The molecule has 1 N–H and O–H groups in total. The molecule has 86 valence electrons. The molecule has 0 aliphatic heterocycles. The average molecular weight is 231 g/mol. The van der Waals surface area contributed by atoms with Gasteiger partial charge in [0.05, 0.1) is 0 Å². The van der Waals surface area contributed by atoms with Gasteiger partial charge in [0.1, 0.15) is 11.1 Å². The van der Waals surface area contributed by atoms with E-state index in [-0.39, 0.29) is 11.3 Å². The van der Waals surface area contributed by atoms with Crippen LogP contribution in [-0.2, 0) is 4.79 Å². The van der Waals surface area contributed by atoms with Crippen molar-refractivity contribution in [1.82, 2.24) is 4.98 Å². The average Bonchev–Trinajstić information content (AvgIpc) is 2.28. The molecule has 0 atom stereocenters. The Labute approximate surface area is 96.7 Å². The first-order chi connectivity index (χ1) is 8.09. The van der Waals surface area contributed by atoms with Crippen molar-refractivity contribution >= 4 is 22.8 Å². The molecule has 2 aromatic rings. The highest BCUT2D eigenvalue weighted by molar-refractivity contribution is 6.00. The number of carbonyl (C=O) groups excluding carboxylic acids is 1. The second kappa shape index (κ2) is 4.21. The third-order valence-corrected chi connectivity index (χ3v) is 2.20. The first-order valence-electron chi connectivity index (χ1n) is 4.89. The third kappa shape index (κ3) is 2.08. The maximum absolute atomic E-state index is 11.0. The Morgan fingerprint density at radius 2 is 2.06 bits per heavy atom. The van der Waals surface area contributed by atoms with Crippen LogP contribution in [0, 0.1) is 0 Å². The minimum Gasteiger partial charge on any atom is -0.478 e. The maximum atomic E-state index is 11.0. The summed E-state index contributed by atoms with van der Waals surface area (Å²) >= 11 is 0. The quantitative estimate of drug-likeness (QED) is 0.630. The minimum absolute atomic E-state index is 0.0110. The van der Waals surface area contributed by atoms with E-state index >= 15 is 0 Å². The van der Waals surface area contributed by atoms with Crippen LogP contribution in [-0.4, -0.2) is 22.0 Å². The van der Waals surface area contributed by atoms with Gasteiger partial charge in [-0.25, -0.2) is 4.79 Å². The van der Waals surface area contributed by atoms with E-state index in [1.54, 1.807) is 18.2 Å². The van der Waals surface area contributed by atoms with E-state index in [1.165, 1.54) is 19.2 Å². The van der Waals surface area contributed by atoms with E-state index in [2.05, 4.69) is 4.98 Å². The van der Waals surface area contributed by atoms with Crippen molar-refractivity contribution in [3.8, 4) is 5.75 Å². The molecule has 1 heterocycles. The molecule has 1 aromatic carbocycles. The number of nitrogens with zero attached hydrogens (tertiary/aromatic N) is 1. The summed E-state index contributed by atoms with van der Waals surface area (Å²) in [6, 6.07) is 6.50. The number of fused-ring (bicyclic) bond motifs is 1. The fourth-order valence-corrected chi connectivity index (χ4v) is 1.53. The zero-order valence-corrected chi connectivity index (χ0v) is 9.01. The molecule has 0 amide bonds. The number of esters is 1. The lowest BCUT2D eigenvalue weighted by atomic mass is 10.1. The molecule has 5 nitrogen and oxygen atoms in total. The molecule has 0 fully saturated rings. The van der Waals surface area contributed by atoms with Crippen LogP contribution in [0.5, 0.6) is 5.75 Å². The fraction of sp³-hybridized carbons (Fsp3) is 0.0833. The van der Waals surface area contributed by atoms with Crippen molar-refractivity contribution < 1.29 is 19.4 Å². The number of ether oxygens (including phenoxy) is 1. The van der Waals surface area contributed by atoms with Gasteiger partial charge in [-0.1, -0.05) is 12.1 Å². The summed E-state index contributed by atoms with van der Waals surface area (Å²) in [5, 5.41) is 9.74. The van der Waals surface area contributed by atoms with Crippen LogP contribution in [0.15, 0.2) is 30.5 Å². The molecule has 2 rings (SSSR count). The Balaban J connectivity index is 2.74. The molecule has 0 spiro atoms. The lowest BCUT2D eigenvalue weighted by molar-refractivity contribution is -0.131. The van der Waals surface area contributed by atoms with Crippen LogP contribution in [0.3, 0.4) is 0 Å². The van der Waals surface area contributed by atoms with Crippen molar-refractivity contribution in [2.45, 2.75) is 6.92 Å². The summed E-state index contributed by atoms with van der Waals surface area (Å²) in [7, 11) is 0. The number of pyridine rings is 1. The van der Waals surface area contributed by atoms with Gasteiger partial charge in [0.25, 0.3) is 0 Å². The highest BCUT2D eigenvalue weighted by Crippen LogP contribution is 2.28. The Morgan fingerprint density at radius 1 is 1.29 bits per heavy atom. The van der Waals surface area contributed by atoms with Gasteiger partial charge in [0, 0.05) is 18.5 Å². The molecular weight excluding hydrogens is 222 g/mol. The van der Waals surface area contributed by atoms with Gasteiger partial charge in [0.2, 0.25) is 0 Å². The first-order valence-corrected chi connectivity index (χ1v) is 4.89. The van der Waals surface area contributed by atoms with Gasteiger partial charge >= 0.3 is 11.9 Å². The highest BCUT2D eigenvalue weighted by atomic mass is 16.5. The molecule has 0 unspecified atom stereocenters. The molecule has 0 aliphatic carbocycles. The predicted octanol–water partition coefficient (Wildman–Crippen LogP) is 1.86. The Morgan fingerprint density at radius 3 is 2.71 bits per heavy atom. The number of carboxylic acids is 1. The standard InChI is InChI=1S/C12H9NO4/c1-7(14)17-11-9(12(15)16)5-4-8-3-2-6-13-10(8)11/h2-6H,1H3,(H,15,16). The van der Waals surface area contributed by atoms with E-state index < -0.39 is 11.9 Å². The smallest absolute Gasteiger partial charge is 0.339 e. The molecule has 5 heteroatoms. The van der Waals surface area contributed by atoms with Gasteiger partial charge in [-0.2, -0.15) is 0 Å². The van der Waals surface area contributed by atoms with Crippen molar-refractivity contribution in [3.05, 3.63) is 36.0 Å². The summed E-state index contributed by atoms with van der Waals surface area (Å²) in [5.41, 5.74) is 0.286. The summed E-state index contributed by atoms with van der Waals surface area (Å²) in [5.74, 6) is -1.75. The first kappa shape index (κ1) is 11.1.